The number of para-hydroxylation sites is 1. The van der Waals surface area contributed by atoms with Gasteiger partial charge in [-0.3, -0.25) is 14.6 Å². The molecular weight excluding hydrogens is 526 g/mol. The SMILES string of the molecule is Cn1nnnc1SCC(O)[C@H](CC1CCCCC1)NC(=O)CC1N=C(c2ccccc2)c2ccccc2NC1=O. The number of aliphatic imine (C=N–C) groups is 1. The van der Waals surface area contributed by atoms with Crippen molar-refractivity contribution in [3.63, 3.8) is 0 Å². The van der Waals surface area contributed by atoms with Gasteiger partial charge in [0.05, 0.1) is 30.0 Å². The third-order valence-corrected chi connectivity index (χ3v) is 8.65. The number of nitrogens with zero attached hydrogens (tertiary/aromatic N) is 5. The van der Waals surface area contributed by atoms with Crippen molar-refractivity contribution in [3.05, 3.63) is 65.7 Å². The molecule has 40 heavy (non-hydrogen) atoms. The molecule has 2 heterocycles. The summed E-state index contributed by atoms with van der Waals surface area (Å²) >= 11 is 1.35. The number of fused-ring (bicyclic) bond motifs is 1. The van der Waals surface area contributed by atoms with Crippen molar-refractivity contribution < 1.29 is 14.7 Å². The first-order chi connectivity index (χ1) is 19.5. The number of aromatic nitrogens is 4. The van der Waals surface area contributed by atoms with E-state index < -0.39 is 18.2 Å². The van der Waals surface area contributed by atoms with E-state index in [1.54, 1.807) is 11.7 Å². The number of carbonyl (C=O) groups excluding carboxylic acids is 2. The molecule has 0 bridgehead atoms. The van der Waals surface area contributed by atoms with E-state index in [1.165, 1.54) is 31.0 Å². The van der Waals surface area contributed by atoms with Crippen LogP contribution in [0, 0.1) is 5.92 Å². The second-order valence-electron chi connectivity index (χ2n) is 10.5. The standard InChI is InChI=1S/C29H35N7O3S/c1-36-29(33-34-35-36)40-18-25(37)23(16-19-10-4-2-5-11-19)30-26(38)17-24-28(39)32-22-15-9-8-14-21(22)27(31-24)20-12-6-3-7-13-20/h3,6-9,12-15,19,23-25,37H,2,4-5,10-11,16-18H2,1H3,(H,30,38)(H,32,39)/t23-,24?,25?/m0/s1. The molecule has 2 amide bonds. The van der Waals surface area contributed by atoms with Crippen molar-refractivity contribution in [2.24, 2.45) is 18.0 Å². The fourth-order valence-corrected chi connectivity index (χ4v) is 6.29. The van der Waals surface area contributed by atoms with Crippen molar-refractivity contribution in [2.75, 3.05) is 11.1 Å². The number of benzodiazepines with no additional fused rings is 1. The highest BCUT2D eigenvalue weighted by Gasteiger charge is 2.31. The topological polar surface area (TPSA) is 134 Å². The Balaban J connectivity index is 1.32. The Bertz CT molecular complexity index is 1340. The van der Waals surface area contributed by atoms with E-state index in [0.717, 1.165) is 24.0 Å². The van der Waals surface area contributed by atoms with Crippen LogP contribution in [0.2, 0.25) is 0 Å². The minimum absolute atomic E-state index is 0.121. The lowest BCUT2D eigenvalue weighted by atomic mass is 9.84. The summed E-state index contributed by atoms with van der Waals surface area (Å²) in [4.78, 5) is 31.4. The van der Waals surface area contributed by atoms with Crippen LogP contribution in [0.25, 0.3) is 0 Å². The van der Waals surface area contributed by atoms with E-state index in [4.69, 9.17) is 4.99 Å². The predicted molar refractivity (Wildman–Crippen MR) is 154 cm³/mol. The molecule has 1 saturated carbocycles. The molecule has 1 aliphatic heterocycles. The first-order valence-corrected chi connectivity index (χ1v) is 14.8. The quantitative estimate of drug-likeness (QED) is 0.323. The Labute approximate surface area is 238 Å². The summed E-state index contributed by atoms with van der Waals surface area (Å²) in [5.74, 6) is 0.130. The molecule has 3 aromatic rings. The van der Waals surface area contributed by atoms with Crippen LogP contribution in [0.5, 0.6) is 0 Å². The number of anilines is 1. The van der Waals surface area contributed by atoms with Gasteiger partial charge in [0.15, 0.2) is 0 Å². The maximum absolute atomic E-state index is 13.4. The van der Waals surface area contributed by atoms with Gasteiger partial charge in [-0.15, -0.1) is 5.10 Å². The van der Waals surface area contributed by atoms with Gasteiger partial charge in [0.25, 0.3) is 0 Å². The molecule has 2 aromatic carbocycles. The third-order valence-electron chi connectivity index (χ3n) is 7.54. The highest BCUT2D eigenvalue weighted by Crippen LogP contribution is 2.29. The maximum atomic E-state index is 13.4. The minimum Gasteiger partial charge on any atom is -0.390 e. The zero-order valence-electron chi connectivity index (χ0n) is 22.6. The lowest BCUT2D eigenvalue weighted by Gasteiger charge is -2.30. The van der Waals surface area contributed by atoms with Gasteiger partial charge in [-0.05, 0) is 28.8 Å². The van der Waals surface area contributed by atoms with Gasteiger partial charge in [-0.1, -0.05) is 92.4 Å². The number of aliphatic hydroxyl groups excluding tert-OH is 1. The molecule has 5 rings (SSSR count). The Morgan fingerprint density at radius 3 is 2.62 bits per heavy atom. The molecule has 10 nitrogen and oxygen atoms in total. The number of nitrogens with one attached hydrogen (secondary N) is 2. The van der Waals surface area contributed by atoms with Gasteiger partial charge in [0, 0.05) is 23.9 Å². The average molecular weight is 562 g/mol. The fraction of sp³-hybridized carbons (Fsp3) is 0.448. The number of tetrazole rings is 1. The third kappa shape index (κ3) is 6.95. The van der Waals surface area contributed by atoms with E-state index in [0.29, 0.717) is 34.6 Å². The molecule has 1 aliphatic carbocycles. The number of hydrogen-bond donors (Lipinski definition) is 3. The lowest BCUT2D eigenvalue weighted by molar-refractivity contribution is -0.126. The van der Waals surface area contributed by atoms with E-state index >= 15 is 0 Å². The molecule has 210 valence electrons. The van der Waals surface area contributed by atoms with Crippen molar-refractivity contribution in [3.8, 4) is 0 Å². The van der Waals surface area contributed by atoms with E-state index in [2.05, 4.69) is 26.2 Å². The zero-order chi connectivity index (χ0) is 27.9. The monoisotopic (exact) mass is 561 g/mol. The van der Waals surface area contributed by atoms with Crippen LogP contribution >= 0.6 is 11.8 Å². The number of thioether (sulfide) groups is 1. The summed E-state index contributed by atoms with van der Waals surface area (Å²) in [7, 11) is 1.75. The smallest absolute Gasteiger partial charge is 0.249 e. The number of carbonyl (C=O) groups is 2. The van der Waals surface area contributed by atoms with Crippen LogP contribution < -0.4 is 10.6 Å². The minimum atomic E-state index is -0.908. The average Bonchev–Trinajstić information content (AvgIpc) is 3.33. The molecule has 2 unspecified atom stereocenters. The molecule has 0 spiro atoms. The van der Waals surface area contributed by atoms with Crippen LogP contribution in [0.4, 0.5) is 5.69 Å². The molecule has 3 atom stereocenters. The van der Waals surface area contributed by atoms with E-state index in [1.807, 2.05) is 54.6 Å². The van der Waals surface area contributed by atoms with Crippen molar-refractivity contribution in [2.45, 2.75) is 68.3 Å². The first-order valence-electron chi connectivity index (χ1n) is 13.8. The Kier molecular flexibility index (Phi) is 9.22. The molecule has 1 aromatic heterocycles. The van der Waals surface area contributed by atoms with Crippen molar-refractivity contribution >= 4 is 35.0 Å². The van der Waals surface area contributed by atoms with Gasteiger partial charge < -0.3 is 15.7 Å². The van der Waals surface area contributed by atoms with E-state index in [-0.39, 0.29) is 18.2 Å². The van der Waals surface area contributed by atoms with Crippen LogP contribution in [0.15, 0.2) is 64.7 Å². The van der Waals surface area contributed by atoms with Crippen LogP contribution in [0.3, 0.4) is 0 Å². The molecule has 2 aliphatic rings. The Morgan fingerprint density at radius 2 is 1.88 bits per heavy atom. The summed E-state index contributed by atoms with van der Waals surface area (Å²) in [6, 6.07) is 15.8. The number of amides is 2. The van der Waals surface area contributed by atoms with Crippen molar-refractivity contribution in [1.29, 1.82) is 0 Å². The van der Waals surface area contributed by atoms with Crippen molar-refractivity contribution in [1.82, 2.24) is 25.5 Å². The number of benzene rings is 2. The fourth-order valence-electron chi connectivity index (χ4n) is 5.42. The molecular formula is C29H35N7O3S. The second-order valence-corrected chi connectivity index (χ2v) is 11.5. The van der Waals surface area contributed by atoms with Gasteiger partial charge >= 0.3 is 0 Å². The van der Waals surface area contributed by atoms with Crippen LogP contribution in [-0.2, 0) is 16.6 Å². The van der Waals surface area contributed by atoms with Crippen LogP contribution in [0.1, 0.15) is 56.1 Å². The summed E-state index contributed by atoms with van der Waals surface area (Å²) < 4.78 is 1.55. The molecule has 11 heteroatoms. The normalized spacial score (nSPS) is 19.1. The summed E-state index contributed by atoms with van der Waals surface area (Å²) in [5, 5.41) is 29.2. The lowest BCUT2D eigenvalue weighted by Crippen LogP contribution is -2.47. The summed E-state index contributed by atoms with van der Waals surface area (Å²) in [6.07, 6.45) is 5.51. The van der Waals surface area contributed by atoms with Gasteiger partial charge in [0.2, 0.25) is 17.0 Å². The molecule has 0 radical (unpaired) electrons. The van der Waals surface area contributed by atoms with E-state index in [9.17, 15) is 14.7 Å². The second kappa shape index (κ2) is 13.2. The largest absolute Gasteiger partial charge is 0.390 e. The van der Waals surface area contributed by atoms with Gasteiger partial charge in [-0.2, -0.15) is 0 Å². The van der Waals surface area contributed by atoms with Gasteiger partial charge in [0.1, 0.15) is 6.04 Å². The number of hydrogen-bond acceptors (Lipinski definition) is 8. The summed E-state index contributed by atoms with van der Waals surface area (Å²) in [6.45, 7) is 0. The highest BCUT2D eigenvalue weighted by atomic mass is 32.2. The number of aryl methyl sites for hydroxylation is 1. The Hall–Kier alpha value is -3.57. The molecule has 3 N–H and O–H groups in total. The number of aliphatic hydroxyl groups is 1. The number of rotatable bonds is 10. The Morgan fingerprint density at radius 1 is 1.12 bits per heavy atom. The molecule has 0 saturated heterocycles. The van der Waals surface area contributed by atoms with Gasteiger partial charge in [-0.25, -0.2) is 4.68 Å². The predicted octanol–water partition coefficient (Wildman–Crippen LogP) is 3.37. The maximum Gasteiger partial charge on any atom is 0.249 e. The zero-order valence-corrected chi connectivity index (χ0v) is 23.4. The summed E-state index contributed by atoms with van der Waals surface area (Å²) in [5.41, 5.74) is 3.02. The first kappa shape index (κ1) is 28.0. The highest BCUT2D eigenvalue weighted by molar-refractivity contribution is 7.99. The van der Waals surface area contributed by atoms with Crippen LogP contribution in [-0.4, -0.2) is 66.8 Å². The molecule has 1 fully saturated rings.